The van der Waals surface area contributed by atoms with Crippen LogP contribution >= 0.6 is 12.4 Å². The lowest BCUT2D eigenvalue weighted by molar-refractivity contribution is -0.117. The fourth-order valence-electron chi connectivity index (χ4n) is 2.54. The number of carbonyl (C=O) groups is 1. The van der Waals surface area contributed by atoms with Crippen LogP contribution in [0.15, 0.2) is 30.3 Å². The van der Waals surface area contributed by atoms with Crippen molar-refractivity contribution in [3.63, 3.8) is 0 Å². The Morgan fingerprint density at radius 3 is 2.88 bits per heavy atom. The van der Waals surface area contributed by atoms with Gasteiger partial charge in [-0.25, -0.2) is 9.07 Å². The number of aryl methyl sites for hydroxylation is 1. The average Bonchev–Trinajstić information content (AvgIpc) is 2.89. The van der Waals surface area contributed by atoms with E-state index in [2.05, 4.69) is 15.7 Å². The predicted octanol–water partition coefficient (Wildman–Crippen LogP) is 2.06. The molecule has 8 heteroatoms. The van der Waals surface area contributed by atoms with Crippen molar-refractivity contribution in [2.45, 2.75) is 19.4 Å². The van der Waals surface area contributed by atoms with Crippen LogP contribution in [0.3, 0.4) is 0 Å². The second-order valence-electron chi connectivity index (χ2n) is 5.54. The van der Waals surface area contributed by atoms with E-state index in [0.29, 0.717) is 31.1 Å². The highest BCUT2D eigenvalue weighted by Crippen LogP contribution is 2.18. The monoisotopic (exact) mass is 354 g/mol. The highest BCUT2D eigenvalue weighted by molar-refractivity contribution is 5.90. The maximum atomic E-state index is 13.1. The van der Waals surface area contributed by atoms with Gasteiger partial charge in [0.1, 0.15) is 11.6 Å². The number of hydrogen-bond acceptors (Lipinski definition) is 4. The smallest absolute Gasteiger partial charge is 0.227 e. The second kappa shape index (κ2) is 8.23. The molecule has 1 atom stereocenters. The van der Waals surface area contributed by atoms with E-state index in [-0.39, 0.29) is 30.2 Å². The average molecular weight is 355 g/mol. The number of halogens is 2. The molecule has 0 bridgehead atoms. The van der Waals surface area contributed by atoms with Crippen molar-refractivity contribution in [3.05, 3.63) is 41.8 Å². The largest absolute Gasteiger partial charge is 0.378 e. The Morgan fingerprint density at radius 2 is 2.21 bits per heavy atom. The third kappa shape index (κ3) is 4.53. The minimum absolute atomic E-state index is 0. The molecule has 1 saturated heterocycles. The Hall–Kier alpha value is -1.96. The van der Waals surface area contributed by atoms with Gasteiger partial charge in [0.05, 0.1) is 24.6 Å². The van der Waals surface area contributed by atoms with Gasteiger partial charge >= 0.3 is 0 Å². The first kappa shape index (κ1) is 18.4. The molecule has 2 heterocycles. The third-order valence-corrected chi connectivity index (χ3v) is 3.60. The van der Waals surface area contributed by atoms with E-state index in [1.807, 2.05) is 6.92 Å². The Morgan fingerprint density at radius 1 is 1.46 bits per heavy atom. The first-order valence-corrected chi connectivity index (χ1v) is 7.55. The highest BCUT2D eigenvalue weighted by Gasteiger charge is 2.18. The zero-order chi connectivity index (χ0) is 16.2. The molecule has 0 radical (unpaired) electrons. The molecule has 2 N–H and O–H groups in total. The summed E-state index contributed by atoms with van der Waals surface area (Å²) < 4.78 is 20.0. The molecule has 1 unspecified atom stereocenters. The second-order valence-corrected chi connectivity index (χ2v) is 5.54. The van der Waals surface area contributed by atoms with Crippen molar-refractivity contribution >= 4 is 24.1 Å². The van der Waals surface area contributed by atoms with Crippen molar-refractivity contribution in [2.75, 3.05) is 25.1 Å². The zero-order valence-electron chi connectivity index (χ0n) is 13.3. The number of amides is 1. The lowest BCUT2D eigenvalue weighted by Gasteiger charge is -2.23. The Labute approximate surface area is 145 Å². The number of rotatable bonds is 4. The van der Waals surface area contributed by atoms with E-state index < -0.39 is 0 Å². The van der Waals surface area contributed by atoms with Gasteiger partial charge < -0.3 is 15.4 Å². The van der Waals surface area contributed by atoms with Crippen LogP contribution in [-0.4, -0.2) is 41.5 Å². The summed E-state index contributed by atoms with van der Waals surface area (Å²) in [6.45, 7) is 3.80. The number of benzene rings is 1. The van der Waals surface area contributed by atoms with E-state index in [1.165, 1.54) is 12.1 Å². The zero-order valence-corrected chi connectivity index (χ0v) is 14.1. The topological polar surface area (TPSA) is 68.2 Å². The summed E-state index contributed by atoms with van der Waals surface area (Å²) in [6, 6.07) is 7.77. The molecule has 0 aliphatic carbocycles. The summed E-state index contributed by atoms with van der Waals surface area (Å²) >= 11 is 0. The quantitative estimate of drug-likeness (QED) is 0.882. The van der Waals surface area contributed by atoms with E-state index in [1.54, 1.807) is 22.9 Å². The molecule has 1 aromatic carbocycles. The molecule has 1 amide bonds. The third-order valence-electron chi connectivity index (χ3n) is 3.60. The molecule has 1 aliphatic heterocycles. The van der Waals surface area contributed by atoms with Crippen LogP contribution in [0.4, 0.5) is 10.2 Å². The summed E-state index contributed by atoms with van der Waals surface area (Å²) in [5, 5.41) is 10.5. The van der Waals surface area contributed by atoms with Gasteiger partial charge in [-0.1, -0.05) is 0 Å². The number of aromatic nitrogens is 2. The predicted molar refractivity (Wildman–Crippen MR) is 91.4 cm³/mol. The number of nitrogens with one attached hydrogen (secondary N) is 2. The van der Waals surface area contributed by atoms with Gasteiger partial charge in [-0.2, -0.15) is 5.10 Å². The number of morpholine rings is 1. The number of anilines is 1. The molecule has 1 fully saturated rings. The van der Waals surface area contributed by atoms with E-state index in [9.17, 15) is 9.18 Å². The van der Waals surface area contributed by atoms with Crippen LogP contribution in [0, 0.1) is 12.7 Å². The van der Waals surface area contributed by atoms with Gasteiger partial charge in [0.25, 0.3) is 0 Å². The minimum Gasteiger partial charge on any atom is -0.378 e. The van der Waals surface area contributed by atoms with Gasteiger partial charge in [-0.05, 0) is 31.2 Å². The molecule has 1 aliphatic rings. The summed E-state index contributed by atoms with van der Waals surface area (Å²) in [5.41, 5.74) is 1.46. The van der Waals surface area contributed by atoms with Crippen LogP contribution in [0.5, 0.6) is 0 Å². The normalized spacial score (nSPS) is 17.2. The molecular formula is C16H20ClFN4O2. The number of ether oxygens (including phenoxy) is 1. The summed E-state index contributed by atoms with van der Waals surface area (Å²) in [4.78, 5) is 12.2. The first-order chi connectivity index (χ1) is 11.1. The molecule has 0 spiro atoms. The van der Waals surface area contributed by atoms with Gasteiger partial charge in [0, 0.05) is 25.1 Å². The maximum Gasteiger partial charge on any atom is 0.227 e. The minimum atomic E-state index is -0.313. The number of hydrogen-bond donors (Lipinski definition) is 2. The standard InChI is InChI=1S/C16H19FN4O2.ClH/c1-11-8-15(19-16(22)9-13-10-23-7-6-18-13)21(20-11)14-4-2-12(17)3-5-14;/h2-5,8,13,18H,6-7,9-10H2,1H3,(H,19,22);1H. The van der Waals surface area contributed by atoms with Crippen LogP contribution in [0.25, 0.3) is 5.69 Å². The molecule has 6 nitrogen and oxygen atoms in total. The van der Waals surface area contributed by atoms with Crippen molar-refractivity contribution in [1.82, 2.24) is 15.1 Å². The molecule has 1 aromatic heterocycles. The van der Waals surface area contributed by atoms with Gasteiger partial charge in [0.15, 0.2) is 0 Å². The molecule has 3 rings (SSSR count). The molecule has 2 aromatic rings. The van der Waals surface area contributed by atoms with Crippen molar-refractivity contribution in [2.24, 2.45) is 0 Å². The maximum absolute atomic E-state index is 13.1. The Kier molecular flexibility index (Phi) is 6.30. The van der Waals surface area contributed by atoms with Gasteiger partial charge in [-0.15, -0.1) is 12.4 Å². The molecule has 0 saturated carbocycles. The summed E-state index contributed by atoms with van der Waals surface area (Å²) in [6.07, 6.45) is 0.327. The van der Waals surface area contributed by atoms with Gasteiger partial charge in [-0.3, -0.25) is 4.79 Å². The summed E-state index contributed by atoms with van der Waals surface area (Å²) in [5.74, 6) is 0.138. The number of carbonyl (C=O) groups excluding carboxylic acids is 1. The van der Waals surface area contributed by atoms with Crippen LogP contribution < -0.4 is 10.6 Å². The van der Waals surface area contributed by atoms with Crippen molar-refractivity contribution in [3.8, 4) is 5.69 Å². The highest BCUT2D eigenvalue weighted by atomic mass is 35.5. The first-order valence-electron chi connectivity index (χ1n) is 7.55. The lowest BCUT2D eigenvalue weighted by Crippen LogP contribution is -2.43. The molecular weight excluding hydrogens is 335 g/mol. The van der Waals surface area contributed by atoms with E-state index >= 15 is 0 Å². The van der Waals surface area contributed by atoms with Crippen LogP contribution in [-0.2, 0) is 9.53 Å². The number of nitrogens with zero attached hydrogens (tertiary/aromatic N) is 2. The van der Waals surface area contributed by atoms with Gasteiger partial charge in [0.2, 0.25) is 5.91 Å². The Balaban J connectivity index is 0.00000208. The summed E-state index contributed by atoms with van der Waals surface area (Å²) in [7, 11) is 0. The fourth-order valence-corrected chi connectivity index (χ4v) is 2.54. The lowest BCUT2D eigenvalue weighted by atomic mass is 10.2. The SMILES string of the molecule is Cc1cc(NC(=O)CC2COCCN2)n(-c2ccc(F)cc2)n1.Cl. The van der Waals surface area contributed by atoms with Crippen molar-refractivity contribution in [1.29, 1.82) is 0 Å². The van der Waals surface area contributed by atoms with E-state index in [4.69, 9.17) is 4.74 Å². The fraction of sp³-hybridized carbons (Fsp3) is 0.375. The molecule has 130 valence electrons. The van der Waals surface area contributed by atoms with Crippen LogP contribution in [0.1, 0.15) is 12.1 Å². The van der Waals surface area contributed by atoms with E-state index in [0.717, 1.165) is 12.2 Å². The van der Waals surface area contributed by atoms with Crippen LogP contribution in [0.2, 0.25) is 0 Å². The molecule has 24 heavy (non-hydrogen) atoms. The Bertz CT molecular complexity index is 684. The van der Waals surface area contributed by atoms with Crippen molar-refractivity contribution < 1.29 is 13.9 Å².